The van der Waals surface area contributed by atoms with Crippen molar-refractivity contribution in [1.82, 2.24) is 10.6 Å². The standard InChI is InChI=1S/C32H45N3O8P2/c1-5-42-45(40,43-6-2)21-44(39)27-15-12-24(13-16-27)18-29(35-23(4)36)32(38)34-22(3)26-14-17-30(28(19-26)31(33)37)41-20-25-10-8-7-9-11-25/h12-17,19,21-22,25,29H,5-11,18,20H2,1-4H3,(H2,33,37)(H,34,38)(H,35,36). The van der Waals surface area contributed by atoms with Crippen LogP contribution in [0.2, 0.25) is 0 Å². The maximum atomic E-state index is 13.3. The molecule has 3 rings (SSSR count). The fraction of sp³-hybridized carbons (Fsp3) is 0.500. The monoisotopic (exact) mass is 661 g/mol. The van der Waals surface area contributed by atoms with Gasteiger partial charge in [-0.05, 0) is 74.9 Å². The van der Waals surface area contributed by atoms with Crippen LogP contribution in [0.3, 0.4) is 0 Å². The molecule has 2 aromatic carbocycles. The number of nitrogens with one attached hydrogen (secondary N) is 2. The summed E-state index contributed by atoms with van der Waals surface area (Å²) < 4.78 is 29.1. The molecule has 0 bridgehead atoms. The molecule has 1 saturated carbocycles. The molecule has 246 valence electrons. The Morgan fingerprint density at radius 1 is 1.04 bits per heavy atom. The first-order valence-electron chi connectivity index (χ1n) is 15.4. The molecule has 2 aromatic rings. The molecule has 0 saturated heterocycles. The van der Waals surface area contributed by atoms with E-state index in [9.17, 15) is 23.8 Å². The largest absolute Gasteiger partial charge is 0.626 e. The summed E-state index contributed by atoms with van der Waals surface area (Å²) in [5, 5.41) is 6.02. The molecule has 4 N–H and O–H groups in total. The zero-order valence-corrected chi connectivity index (χ0v) is 28.2. The molecule has 1 fully saturated rings. The zero-order chi connectivity index (χ0) is 33.0. The highest BCUT2D eigenvalue weighted by atomic mass is 31.2. The van der Waals surface area contributed by atoms with E-state index in [1.807, 2.05) is 0 Å². The van der Waals surface area contributed by atoms with Gasteiger partial charge in [0.15, 0.2) is 5.54 Å². The van der Waals surface area contributed by atoms with Gasteiger partial charge in [0.2, 0.25) is 11.8 Å². The molecule has 0 radical (unpaired) electrons. The topological polar surface area (TPSA) is 169 Å². The summed E-state index contributed by atoms with van der Waals surface area (Å²) in [7, 11) is -5.79. The van der Waals surface area contributed by atoms with Gasteiger partial charge in [-0.25, -0.2) is 0 Å². The lowest BCUT2D eigenvalue weighted by molar-refractivity contribution is -0.149. The van der Waals surface area contributed by atoms with Crippen LogP contribution < -0.4 is 31.3 Å². The number of ether oxygens (including phenoxy) is 1. The van der Waals surface area contributed by atoms with Crippen LogP contribution >= 0.6 is 15.4 Å². The maximum Gasteiger partial charge on any atom is 0.395 e. The predicted octanol–water partition coefficient (Wildman–Crippen LogP) is 4.08. The molecular weight excluding hydrogens is 616 g/mol. The second kappa shape index (κ2) is 17.6. The second-order valence-electron chi connectivity index (χ2n) is 11.1. The molecule has 3 unspecified atom stereocenters. The van der Waals surface area contributed by atoms with E-state index in [2.05, 4.69) is 10.6 Å². The number of hydrogen-bond acceptors (Lipinski definition) is 8. The van der Waals surface area contributed by atoms with Crippen molar-refractivity contribution in [2.24, 2.45) is 11.7 Å². The van der Waals surface area contributed by atoms with E-state index in [-0.39, 0.29) is 31.1 Å². The van der Waals surface area contributed by atoms with Crippen LogP contribution in [0.15, 0.2) is 42.5 Å². The summed E-state index contributed by atoms with van der Waals surface area (Å²) in [6.07, 6.45) is 6.00. The van der Waals surface area contributed by atoms with Crippen molar-refractivity contribution in [3.8, 4) is 5.75 Å². The number of benzene rings is 2. The van der Waals surface area contributed by atoms with Crippen molar-refractivity contribution in [3.63, 3.8) is 0 Å². The van der Waals surface area contributed by atoms with E-state index in [1.165, 1.54) is 26.2 Å². The normalized spacial score (nSPS) is 15.6. The Morgan fingerprint density at radius 2 is 1.69 bits per heavy atom. The molecule has 3 amide bonds. The Morgan fingerprint density at radius 3 is 2.27 bits per heavy atom. The van der Waals surface area contributed by atoms with Gasteiger partial charge >= 0.3 is 7.60 Å². The highest BCUT2D eigenvalue weighted by Crippen LogP contribution is 2.47. The summed E-state index contributed by atoms with van der Waals surface area (Å²) >= 11 is 0. The Balaban J connectivity index is 1.70. The molecule has 11 nitrogen and oxygen atoms in total. The number of rotatable bonds is 16. The van der Waals surface area contributed by atoms with E-state index in [4.69, 9.17) is 19.5 Å². The number of hydrogen-bond donors (Lipinski definition) is 3. The van der Waals surface area contributed by atoms with Gasteiger partial charge in [0.05, 0.1) is 39.2 Å². The van der Waals surface area contributed by atoms with Gasteiger partial charge in [0.25, 0.3) is 5.91 Å². The first-order valence-corrected chi connectivity index (χ1v) is 18.3. The van der Waals surface area contributed by atoms with Crippen LogP contribution in [-0.2, 0) is 29.6 Å². The van der Waals surface area contributed by atoms with Gasteiger partial charge in [0.1, 0.15) is 17.1 Å². The van der Waals surface area contributed by atoms with Crippen LogP contribution in [0.1, 0.15) is 87.3 Å². The van der Waals surface area contributed by atoms with Gasteiger partial charge in [-0.3, -0.25) is 18.9 Å². The number of carbonyl (C=O) groups is 3. The minimum absolute atomic E-state index is 0.146. The molecule has 1 aliphatic carbocycles. The van der Waals surface area contributed by atoms with Crippen molar-refractivity contribution in [2.45, 2.75) is 78.3 Å². The molecule has 13 heteroatoms. The average molecular weight is 662 g/mol. The average Bonchev–Trinajstić information content (AvgIpc) is 3.00. The molecule has 45 heavy (non-hydrogen) atoms. The van der Waals surface area contributed by atoms with Gasteiger partial charge < -0.3 is 35.0 Å². The molecule has 0 spiro atoms. The summed E-state index contributed by atoms with van der Waals surface area (Å²) in [5.41, 5.74) is 8.39. The zero-order valence-electron chi connectivity index (χ0n) is 26.5. The van der Waals surface area contributed by atoms with E-state index < -0.39 is 39.3 Å². The van der Waals surface area contributed by atoms with E-state index in [0.717, 1.165) is 18.4 Å². The highest BCUT2D eigenvalue weighted by Gasteiger charge is 2.27. The minimum Gasteiger partial charge on any atom is -0.626 e. The number of carbonyl (C=O) groups excluding carboxylic acids is 3. The second-order valence-corrected chi connectivity index (χ2v) is 14.8. The van der Waals surface area contributed by atoms with Crippen molar-refractivity contribution in [2.75, 3.05) is 19.8 Å². The van der Waals surface area contributed by atoms with Crippen molar-refractivity contribution in [1.29, 1.82) is 0 Å². The van der Waals surface area contributed by atoms with E-state index >= 15 is 0 Å². The lowest BCUT2D eigenvalue weighted by Gasteiger charge is -2.23. The van der Waals surface area contributed by atoms with Crippen LogP contribution in [0, 0.1) is 5.92 Å². The number of primary amides is 1. The predicted molar refractivity (Wildman–Crippen MR) is 175 cm³/mol. The van der Waals surface area contributed by atoms with Crippen molar-refractivity contribution in [3.05, 3.63) is 59.2 Å². The summed E-state index contributed by atoms with van der Waals surface area (Å²) in [4.78, 5) is 50.4. The summed E-state index contributed by atoms with van der Waals surface area (Å²) in [5.74, 6) is -0.539. The molecule has 0 heterocycles. The third-order valence-corrected chi connectivity index (χ3v) is 11.5. The molecule has 0 aromatic heterocycles. The van der Waals surface area contributed by atoms with E-state index in [0.29, 0.717) is 34.7 Å². The summed E-state index contributed by atoms with van der Waals surface area (Å²) in [6, 6.07) is 10.3. The Bertz CT molecular complexity index is 1380. The van der Waals surface area contributed by atoms with Crippen LogP contribution in [-0.4, -0.2) is 49.1 Å². The highest BCUT2D eigenvalue weighted by molar-refractivity contribution is 7.84. The summed E-state index contributed by atoms with van der Waals surface area (Å²) in [6.45, 7) is 7.27. The smallest absolute Gasteiger partial charge is 0.395 e. The third kappa shape index (κ3) is 11.3. The minimum atomic E-state index is -3.61. The quantitative estimate of drug-likeness (QED) is 0.226. The third-order valence-electron chi connectivity index (χ3n) is 7.52. The SMILES string of the molecule is CCOP(=O)(/C=[P+](\[O-])c1ccc(CC(NC(C)=O)C(=O)NC(C)c2ccc(OCC3CCCCC3)c(C(N)=O)c2)cc1)OCC. The van der Waals surface area contributed by atoms with Gasteiger partial charge in [-0.2, -0.15) is 0 Å². The Labute approximate surface area is 266 Å². The van der Waals surface area contributed by atoms with Gasteiger partial charge in [-0.15, -0.1) is 0 Å². The first kappa shape index (κ1) is 36.4. The van der Waals surface area contributed by atoms with Gasteiger partial charge in [-0.1, -0.05) is 37.5 Å². The molecule has 0 aliphatic heterocycles. The van der Waals surface area contributed by atoms with Crippen molar-refractivity contribution < 1.29 is 37.6 Å². The fourth-order valence-corrected chi connectivity index (χ4v) is 8.55. The van der Waals surface area contributed by atoms with Crippen LogP contribution in [0.4, 0.5) is 0 Å². The van der Waals surface area contributed by atoms with Crippen LogP contribution in [0.25, 0.3) is 0 Å². The first-order chi connectivity index (χ1) is 21.4. The molecule has 3 atom stereocenters. The lowest BCUT2D eigenvalue weighted by atomic mass is 9.90. The Hall–Kier alpha value is -3.07. The number of amides is 3. The van der Waals surface area contributed by atoms with Gasteiger partial charge in [0, 0.05) is 13.3 Å². The number of nitrogens with two attached hydrogens (primary N) is 1. The van der Waals surface area contributed by atoms with Crippen LogP contribution in [0.5, 0.6) is 5.75 Å². The fourth-order valence-electron chi connectivity index (χ4n) is 5.22. The van der Waals surface area contributed by atoms with E-state index in [1.54, 1.807) is 63.2 Å². The molecular formula is C32H45N3O8P2. The van der Waals surface area contributed by atoms with Crippen molar-refractivity contribution >= 4 is 43.9 Å². The molecule has 1 aliphatic rings. The lowest BCUT2D eigenvalue weighted by Crippen LogP contribution is -2.48. The Kier molecular flexibility index (Phi) is 14.2. The maximum absolute atomic E-state index is 13.3.